The lowest BCUT2D eigenvalue weighted by atomic mass is 9.97. The van der Waals surface area contributed by atoms with Crippen LogP contribution in [0.25, 0.3) is 0 Å². The summed E-state index contributed by atoms with van der Waals surface area (Å²) in [4.78, 5) is 11.4. The largest absolute Gasteiger partial charge is 0.468 e. The second-order valence-electron chi connectivity index (χ2n) is 4.81. The minimum atomic E-state index is -0.0983. The number of methoxy groups -OCH3 is 1. The van der Waals surface area contributed by atoms with Gasteiger partial charge in [0.2, 0.25) is 0 Å². The minimum absolute atomic E-state index is 0.0522. The number of thioether (sulfide) groups is 1. The predicted molar refractivity (Wildman–Crippen MR) is 66.6 cm³/mol. The Hall–Kier alpha value is -0.220. The summed E-state index contributed by atoms with van der Waals surface area (Å²) < 4.78 is 4.77. The standard InChI is InChI=1S/C12H21NO2S/c1-15-12(14)11-7-9(8-13-11)6-10-4-2-3-5-16-10/h9-11,13H,2-8H2,1H3. The molecule has 92 valence electrons. The molecule has 2 aliphatic rings. The number of nitrogens with one attached hydrogen (secondary N) is 1. The van der Waals surface area contributed by atoms with Gasteiger partial charge in [-0.2, -0.15) is 11.8 Å². The molecule has 0 aromatic carbocycles. The van der Waals surface area contributed by atoms with Crippen LogP contribution in [0.15, 0.2) is 0 Å². The van der Waals surface area contributed by atoms with Gasteiger partial charge in [0.1, 0.15) is 6.04 Å². The van der Waals surface area contributed by atoms with Crippen LogP contribution in [0.2, 0.25) is 0 Å². The van der Waals surface area contributed by atoms with Gasteiger partial charge in [0, 0.05) is 5.25 Å². The molecule has 16 heavy (non-hydrogen) atoms. The molecule has 3 atom stereocenters. The molecule has 2 aliphatic heterocycles. The summed E-state index contributed by atoms with van der Waals surface area (Å²) in [6, 6.07) is -0.0522. The maximum absolute atomic E-state index is 11.4. The highest BCUT2D eigenvalue weighted by atomic mass is 32.2. The second kappa shape index (κ2) is 5.92. The van der Waals surface area contributed by atoms with E-state index in [1.807, 2.05) is 0 Å². The van der Waals surface area contributed by atoms with Gasteiger partial charge in [-0.1, -0.05) is 6.42 Å². The van der Waals surface area contributed by atoms with Crippen LogP contribution in [0.5, 0.6) is 0 Å². The van der Waals surface area contributed by atoms with E-state index < -0.39 is 0 Å². The van der Waals surface area contributed by atoms with Crippen LogP contribution in [-0.2, 0) is 9.53 Å². The van der Waals surface area contributed by atoms with Gasteiger partial charge in [-0.3, -0.25) is 4.79 Å². The van der Waals surface area contributed by atoms with Crippen LogP contribution in [0, 0.1) is 5.92 Å². The normalized spacial score (nSPS) is 34.9. The number of hydrogen-bond donors (Lipinski definition) is 1. The molecule has 0 spiro atoms. The van der Waals surface area contributed by atoms with E-state index >= 15 is 0 Å². The molecule has 2 rings (SSSR count). The molecule has 2 saturated heterocycles. The van der Waals surface area contributed by atoms with Crippen LogP contribution >= 0.6 is 11.8 Å². The van der Waals surface area contributed by atoms with Crippen LogP contribution in [0.1, 0.15) is 32.1 Å². The Kier molecular flexibility index (Phi) is 4.53. The van der Waals surface area contributed by atoms with Crippen LogP contribution < -0.4 is 5.32 Å². The topological polar surface area (TPSA) is 38.3 Å². The van der Waals surface area contributed by atoms with Crippen molar-refractivity contribution in [1.29, 1.82) is 0 Å². The zero-order valence-corrected chi connectivity index (χ0v) is 10.7. The predicted octanol–water partition coefficient (Wildman–Crippen LogP) is 1.81. The Morgan fingerprint density at radius 1 is 1.50 bits per heavy atom. The molecule has 3 unspecified atom stereocenters. The van der Waals surface area contributed by atoms with Crippen LogP contribution in [0.3, 0.4) is 0 Å². The molecule has 4 heteroatoms. The summed E-state index contributed by atoms with van der Waals surface area (Å²) in [5.41, 5.74) is 0. The lowest BCUT2D eigenvalue weighted by Crippen LogP contribution is -2.31. The lowest BCUT2D eigenvalue weighted by Gasteiger charge is -2.23. The van der Waals surface area contributed by atoms with Gasteiger partial charge < -0.3 is 10.1 Å². The van der Waals surface area contributed by atoms with Gasteiger partial charge in [0.05, 0.1) is 7.11 Å². The average Bonchev–Trinajstić information content (AvgIpc) is 2.78. The van der Waals surface area contributed by atoms with Crippen molar-refractivity contribution >= 4 is 17.7 Å². The average molecular weight is 243 g/mol. The Morgan fingerprint density at radius 3 is 3.06 bits per heavy atom. The van der Waals surface area contributed by atoms with E-state index in [0.29, 0.717) is 5.92 Å². The summed E-state index contributed by atoms with van der Waals surface area (Å²) >= 11 is 2.12. The van der Waals surface area contributed by atoms with E-state index in [1.165, 1.54) is 38.5 Å². The summed E-state index contributed by atoms with van der Waals surface area (Å²) in [7, 11) is 1.47. The molecule has 1 N–H and O–H groups in total. The Morgan fingerprint density at radius 2 is 2.38 bits per heavy atom. The summed E-state index contributed by atoms with van der Waals surface area (Å²) in [6.07, 6.45) is 6.37. The van der Waals surface area contributed by atoms with Crippen molar-refractivity contribution in [3.8, 4) is 0 Å². The first-order chi connectivity index (χ1) is 7.79. The molecule has 3 nitrogen and oxygen atoms in total. The van der Waals surface area contributed by atoms with Gasteiger partial charge in [0.25, 0.3) is 0 Å². The highest BCUT2D eigenvalue weighted by molar-refractivity contribution is 7.99. The van der Waals surface area contributed by atoms with Crippen molar-refractivity contribution in [3.05, 3.63) is 0 Å². The summed E-state index contributed by atoms with van der Waals surface area (Å²) in [5, 5.41) is 4.09. The molecule has 0 bridgehead atoms. The summed E-state index contributed by atoms with van der Waals surface area (Å²) in [5.74, 6) is 1.89. The number of hydrogen-bond acceptors (Lipinski definition) is 4. The highest BCUT2D eigenvalue weighted by Gasteiger charge is 2.31. The maximum atomic E-state index is 11.4. The SMILES string of the molecule is COC(=O)C1CC(CC2CCCCS2)CN1. The van der Waals surface area contributed by atoms with Crippen molar-refractivity contribution in [1.82, 2.24) is 5.32 Å². The Labute approximate surface area is 102 Å². The van der Waals surface area contributed by atoms with Crippen molar-refractivity contribution in [2.45, 2.75) is 43.4 Å². The number of ether oxygens (including phenoxy) is 1. The van der Waals surface area contributed by atoms with Gasteiger partial charge in [-0.05, 0) is 43.9 Å². The molecule has 0 aliphatic carbocycles. The fraction of sp³-hybridized carbons (Fsp3) is 0.917. The third-order valence-electron chi connectivity index (χ3n) is 3.58. The van der Waals surface area contributed by atoms with Crippen molar-refractivity contribution < 1.29 is 9.53 Å². The third kappa shape index (κ3) is 3.14. The Bertz CT molecular complexity index is 241. The highest BCUT2D eigenvalue weighted by Crippen LogP contribution is 2.32. The third-order valence-corrected chi connectivity index (χ3v) is 5.00. The van der Waals surface area contributed by atoms with Gasteiger partial charge >= 0.3 is 5.97 Å². The molecule has 0 saturated carbocycles. The molecular weight excluding hydrogens is 222 g/mol. The molecule has 0 amide bonds. The van der Waals surface area contributed by atoms with E-state index in [0.717, 1.165) is 18.2 Å². The van der Waals surface area contributed by atoms with E-state index in [-0.39, 0.29) is 12.0 Å². The number of carbonyl (C=O) groups excluding carboxylic acids is 1. The monoisotopic (exact) mass is 243 g/mol. The number of carbonyl (C=O) groups is 1. The Balaban J connectivity index is 1.73. The van der Waals surface area contributed by atoms with Crippen molar-refractivity contribution in [2.24, 2.45) is 5.92 Å². The van der Waals surface area contributed by atoms with Gasteiger partial charge in [-0.25, -0.2) is 0 Å². The van der Waals surface area contributed by atoms with Crippen LogP contribution in [-0.4, -0.2) is 36.7 Å². The van der Waals surface area contributed by atoms with E-state index in [4.69, 9.17) is 4.74 Å². The number of rotatable bonds is 3. The zero-order chi connectivity index (χ0) is 11.4. The molecule has 0 radical (unpaired) electrons. The lowest BCUT2D eigenvalue weighted by molar-refractivity contribution is -0.142. The maximum Gasteiger partial charge on any atom is 0.322 e. The molecule has 0 aromatic heterocycles. The molecule has 2 fully saturated rings. The minimum Gasteiger partial charge on any atom is -0.468 e. The van der Waals surface area contributed by atoms with Gasteiger partial charge in [0.15, 0.2) is 0 Å². The second-order valence-corrected chi connectivity index (χ2v) is 6.22. The van der Waals surface area contributed by atoms with E-state index in [1.54, 1.807) is 0 Å². The van der Waals surface area contributed by atoms with E-state index in [2.05, 4.69) is 17.1 Å². The fourth-order valence-corrected chi connectivity index (χ4v) is 4.12. The quantitative estimate of drug-likeness (QED) is 0.767. The molecule has 2 heterocycles. The molecular formula is C12H21NO2S. The van der Waals surface area contributed by atoms with Gasteiger partial charge in [-0.15, -0.1) is 0 Å². The zero-order valence-electron chi connectivity index (χ0n) is 9.91. The van der Waals surface area contributed by atoms with Crippen LogP contribution in [0.4, 0.5) is 0 Å². The van der Waals surface area contributed by atoms with E-state index in [9.17, 15) is 4.79 Å². The first-order valence-corrected chi connectivity index (χ1v) is 7.27. The number of esters is 1. The molecule has 0 aromatic rings. The first-order valence-electron chi connectivity index (χ1n) is 6.22. The van der Waals surface area contributed by atoms with Crippen molar-refractivity contribution in [3.63, 3.8) is 0 Å². The fourth-order valence-electron chi connectivity index (χ4n) is 2.68. The van der Waals surface area contributed by atoms with Crippen molar-refractivity contribution in [2.75, 3.05) is 19.4 Å². The first kappa shape index (κ1) is 12.2. The summed E-state index contributed by atoms with van der Waals surface area (Å²) in [6.45, 7) is 0.983. The smallest absolute Gasteiger partial charge is 0.322 e.